The summed E-state index contributed by atoms with van der Waals surface area (Å²) >= 11 is 0. The van der Waals surface area contributed by atoms with Crippen molar-refractivity contribution in [1.29, 1.82) is 0 Å². The highest BCUT2D eigenvalue weighted by Crippen LogP contribution is 2.28. The van der Waals surface area contributed by atoms with Gasteiger partial charge in [-0.25, -0.2) is 18.4 Å². The summed E-state index contributed by atoms with van der Waals surface area (Å²) in [6.45, 7) is 3.76. The Balaban J connectivity index is 1.56. The number of benzene rings is 2. The minimum atomic E-state index is -3.48. The fraction of sp³-hybridized carbons (Fsp3) is 0.370. The van der Waals surface area contributed by atoms with Gasteiger partial charge in [0.2, 0.25) is 16.0 Å². The summed E-state index contributed by atoms with van der Waals surface area (Å²) in [6, 6.07) is 14.3. The van der Waals surface area contributed by atoms with Crippen molar-refractivity contribution in [3.63, 3.8) is 0 Å². The maximum absolute atomic E-state index is 13.2. The molecule has 12 nitrogen and oxygen atoms in total. The first-order valence-electron chi connectivity index (χ1n) is 12.9. The molecular formula is C27H36N8O4S. The summed E-state index contributed by atoms with van der Waals surface area (Å²) in [7, 11) is 0.439. The first kappa shape index (κ1) is 29.2. The molecule has 1 aliphatic heterocycles. The fourth-order valence-corrected chi connectivity index (χ4v) is 5.08. The van der Waals surface area contributed by atoms with Crippen LogP contribution in [-0.2, 0) is 14.8 Å². The lowest BCUT2D eigenvalue weighted by Crippen LogP contribution is -2.38. The molecule has 4 rings (SSSR count). The third-order valence-corrected chi connectivity index (χ3v) is 7.53. The highest BCUT2D eigenvalue weighted by Gasteiger charge is 2.20. The number of likely N-dealkylation sites (N-methyl/N-ethyl adjacent to an activating group) is 1. The monoisotopic (exact) mass is 568 g/mol. The van der Waals surface area contributed by atoms with Gasteiger partial charge in [0.15, 0.2) is 0 Å². The Hall–Kier alpha value is -3.78. The van der Waals surface area contributed by atoms with E-state index in [4.69, 9.17) is 10.5 Å². The number of morpholine rings is 1. The third-order valence-electron chi connectivity index (χ3n) is 6.37. The number of anilines is 4. The Morgan fingerprint density at radius 1 is 1.10 bits per heavy atom. The van der Waals surface area contributed by atoms with E-state index in [0.29, 0.717) is 61.4 Å². The quantitative estimate of drug-likeness (QED) is 0.292. The van der Waals surface area contributed by atoms with Crippen LogP contribution < -0.4 is 25.6 Å². The van der Waals surface area contributed by atoms with Crippen LogP contribution >= 0.6 is 0 Å². The number of rotatable bonds is 11. The number of nitrogens with zero attached hydrogens (tertiary/aromatic N) is 5. The summed E-state index contributed by atoms with van der Waals surface area (Å²) < 4.78 is 30.6. The molecule has 0 saturated carbocycles. The number of nitrogens with two attached hydrogens (primary N) is 1. The zero-order valence-corrected chi connectivity index (χ0v) is 23.8. The number of hydrogen-bond acceptors (Lipinski definition) is 10. The average molecular weight is 569 g/mol. The predicted octanol–water partition coefficient (Wildman–Crippen LogP) is 1.70. The van der Waals surface area contributed by atoms with Crippen molar-refractivity contribution in [1.82, 2.24) is 20.2 Å². The molecule has 1 aliphatic rings. The van der Waals surface area contributed by atoms with E-state index >= 15 is 0 Å². The van der Waals surface area contributed by atoms with Crippen molar-refractivity contribution >= 4 is 38.9 Å². The fourth-order valence-electron chi connectivity index (χ4n) is 4.30. The third kappa shape index (κ3) is 7.45. The highest BCUT2D eigenvalue weighted by molar-refractivity contribution is 7.92. The van der Waals surface area contributed by atoms with Crippen LogP contribution in [-0.4, -0.2) is 95.6 Å². The van der Waals surface area contributed by atoms with Crippen molar-refractivity contribution in [3.05, 3.63) is 60.3 Å². The molecule has 2 aromatic carbocycles. The number of ether oxygens (including phenoxy) is 1. The Labute approximate surface area is 235 Å². The second-order valence-electron chi connectivity index (χ2n) is 9.62. The van der Waals surface area contributed by atoms with E-state index in [0.717, 1.165) is 28.4 Å². The van der Waals surface area contributed by atoms with E-state index in [1.807, 2.05) is 37.2 Å². The Bertz CT molecular complexity index is 1410. The van der Waals surface area contributed by atoms with Gasteiger partial charge in [-0.1, -0.05) is 12.1 Å². The van der Waals surface area contributed by atoms with Crippen LogP contribution in [0.4, 0.5) is 23.0 Å². The Morgan fingerprint density at radius 3 is 2.48 bits per heavy atom. The first-order valence-corrected chi connectivity index (χ1v) is 14.8. The van der Waals surface area contributed by atoms with E-state index in [9.17, 15) is 13.2 Å². The molecule has 0 bridgehead atoms. The molecule has 4 N–H and O–H groups in total. The summed E-state index contributed by atoms with van der Waals surface area (Å²) in [5, 5.41) is 6.23. The average Bonchev–Trinajstić information content (AvgIpc) is 2.93. The molecule has 40 heavy (non-hydrogen) atoms. The smallest absolute Gasteiger partial charge is 0.253 e. The van der Waals surface area contributed by atoms with Crippen LogP contribution in [0.25, 0.3) is 11.3 Å². The summed E-state index contributed by atoms with van der Waals surface area (Å²) in [4.78, 5) is 26.3. The molecule has 0 atom stereocenters. The second-order valence-corrected chi connectivity index (χ2v) is 11.5. The first-order chi connectivity index (χ1) is 19.2. The highest BCUT2D eigenvalue weighted by atomic mass is 32.2. The number of amides is 1. The molecule has 2 heterocycles. The van der Waals surface area contributed by atoms with Gasteiger partial charge in [-0.05, 0) is 50.5 Å². The number of sulfonamides is 1. The lowest BCUT2D eigenvalue weighted by molar-refractivity contribution is 0.0949. The van der Waals surface area contributed by atoms with Gasteiger partial charge in [0, 0.05) is 49.3 Å². The largest absolute Gasteiger partial charge is 0.378 e. The lowest BCUT2D eigenvalue weighted by atomic mass is 10.1. The van der Waals surface area contributed by atoms with Gasteiger partial charge in [0.05, 0.1) is 43.1 Å². The second kappa shape index (κ2) is 13.0. The van der Waals surface area contributed by atoms with Crippen molar-refractivity contribution in [2.24, 2.45) is 5.73 Å². The molecule has 1 amide bonds. The maximum atomic E-state index is 13.2. The normalized spacial score (nSPS) is 13.8. The number of carbonyl (C=O) groups excluding carboxylic acids is 1. The summed E-state index contributed by atoms with van der Waals surface area (Å²) in [5.74, 6) is 0.210. The Kier molecular flexibility index (Phi) is 9.53. The molecule has 13 heteroatoms. The summed E-state index contributed by atoms with van der Waals surface area (Å²) in [5.41, 5.74) is 9.62. The van der Waals surface area contributed by atoms with Gasteiger partial charge in [-0.2, -0.15) is 0 Å². The van der Waals surface area contributed by atoms with Crippen LogP contribution in [0.1, 0.15) is 10.4 Å². The minimum Gasteiger partial charge on any atom is -0.378 e. The van der Waals surface area contributed by atoms with Crippen molar-refractivity contribution in [2.45, 2.75) is 0 Å². The molecule has 0 radical (unpaired) electrons. The molecule has 3 aromatic rings. The van der Waals surface area contributed by atoms with Gasteiger partial charge < -0.3 is 30.9 Å². The van der Waals surface area contributed by atoms with Crippen LogP contribution in [0.2, 0.25) is 0 Å². The molecule has 1 aromatic heterocycles. The zero-order chi connectivity index (χ0) is 28.7. The lowest BCUT2D eigenvalue weighted by Gasteiger charge is -2.30. The van der Waals surface area contributed by atoms with Crippen molar-refractivity contribution in [2.75, 3.05) is 80.9 Å². The molecule has 214 valence electrons. The maximum Gasteiger partial charge on any atom is 0.253 e. The van der Waals surface area contributed by atoms with E-state index in [1.54, 1.807) is 36.5 Å². The van der Waals surface area contributed by atoms with E-state index in [1.165, 1.54) is 0 Å². The number of nitrogens with one attached hydrogen (secondary N) is 2. The number of aromatic nitrogens is 2. The van der Waals surface area contributed by atoms with E-state index in [-0.39, 0.29) is 12.6 Å². The molecular weight excluding hydrogens is 532 g/mol. The van der Waals surface area contributed by atoms with E-state index < -0.39 is 10.0 Å². The topological polar surface area (TPSA) is 146 Å². The van der Waals surface area contributed by atoms with Gasteiger partial charge >= 0.3 is 0 Å². The van der Waals surface area contributed by atoms with Gasteiger partial charge in [-0.15, -0.1) is 0 Å². The molecule has 0 spiro atoms. The van der Waals surface area contributed by atoms with Crippen LogP contribution in [0.5, 0.6) is 0 Å². The van der Waals surface area contributed by atoms with Gasteiger partial charge in [0.1, 0.15) is 0 Å². The summed E-state index contributed by atoms with van der Waals surface area (Å²) in [6.07, 6.45) is 2.75. The van der Waals surface area contributed by atoms with E-state index in [2.05, 4.69) is 25.5 Å². The SMILES string of the molecule is CN(C)CCNC(=O)c1cc(Nc2nccc(-c3ccc(N(CN)S(C)(=O)=O)cc3)n2)ccc1N1CCOCC1. The molecule has 0 aliphatic carbocycles. The number of hydrogen-bond donors (Lipinski definition) is 3. The molecule has 1 saturated heterocycles. The number of carbonyl (C=O) groups is 1. The minimum absolute atomic E-state index is 0.151. The van der Waals surface area contributed by atoms with Crippen LogP contribution in [0.3, 0.4) is 0 Å². The predicted molar refractivity (Wildman–Crippen MR) is 157 cm³/mol. The standard InChI is InChI=1S/C27H36N8O4S/c1-33(2)13-12-29-26(36)23-18-21(6-9-25(23)34-14-16-39-17-15-34)31-27-30-11-10-24(32-27)20-4-7-22(8-5-20)35(19-28)40(3,37)38/h4-11,18H,12-17,19,28H2,1-3H3,(H,29,36)(H,30,31,32). The van der Waals surface area contributed by atoms with Crippen LogP contribution in [0, 0.1) is 0 Å². The zero-order valence-electron chi connectivity index (χ0n) is 23.0. The van der Waals surface area contributed by atoms with Crippen molar-refractivity contribution in [3.8, 4) is 11.3 Å². The molecule has 1 fully saturated rings. The van der Waals surface area contributed by atoms with Gasteiger partial charge in [0.25, 0.3) is 5.91 Å². The molecule has 0 unspecified atom stereocenters. The van der Waals surface area contributed by atoms with Crippen LogP contribution in [0.15, 0.2) is 54.7 Å². The van der Waals surface area contributed by atoms with Crippen molar-refractivity contribution < 1.29 is 17.9 Å². The van der Waals surface area contributed by atoms with Gasteiger partial charge in [-0.3, -0.25) is 9.10 Å². The Morgan fingerprint density at radius 2 is 1.82 bits per heavy atom.